The highest BCUT2D eigenvalue weighted by Crippen LogP contribution is 2.12. The lowest BCUT2D eigenvalue weighted by molar-refractivity contribution is 0.733. The molecule has 0 aromatic carbocycles. The van der Waals surface area contributed by atoms with Crippen molar-refractivity contribution in [1.82, 2.24) is 14.5 Å². The third kappa shape index (κ3) is 2.94. The second kappa shape index (κ2) is 5.95. The SMILES string of the molecule is CCCNc1ncccc1Cn1cnccc1=O. The van der Waals surface area contributed by atoms with E-state index in [4.69, 9.17) is 0 Å². The van der Waals surface area contributed by atoms with E-state index in [1.165, 1.54) is 12.3 Å². The Kier molecular flexibility index (Phi) is 4.06. The molecule has 0 unspecified atom stereocenters. The zero-order valence-electron chi connectivity index (χ0n) is 10.3. The molecule has 2 aromatic rings. The molecule has 0 amide bonds. The third-order valence-corrected chi connectivity index (χ3v) is 2.57. The average molecular weight is 244 g/mol. The van der Waals surface area contributed by atoms with Gasteiger partial charge >= 0.3 is 0 Å². The molecule has 18 heavy (non-hydrogen) atoms. The summed E-state index contributed by atoms with van der Waals surface area (Å²) in [7, 11) is 0. The number of aromatic nitrogens is 3. The highest BCUT2D eigenvalue weighted by atomic mass is 16.1. The van der Waals surface area contributed by atoms with Crippen molar-refractivity contribution in [2.24, 2.45) is 0 Å². The Labute approximate surface area is 106 Å². The quantitative estimate of drug-likeness (QED) is 0.866. The highest BCUT2D eigenvalue weighted by Gasteiger charge is 2.04. The van der Waals surface area contributed by atoms with E-state index in [-0.39, 0.29) is 5.56 Å². The lowest BCUT2D eigenvalue weighted by atomic mass is 10.2. The Hall–Kier alpha value is -2.17. The second-order valence-corrected chi connectivity index (χ2v) is 3.98. The van der Waals surface area contributed by atoms with Crippen molar-refractivity contribution in [3.63, 3.8) is 0 Å². The molecular formula is C13H16N4O. The largest absolute Gasteiger partial charge is 0.370 e. The van der Waals surface area contributed by atoms with Crippen molar-refractivity contribution in [2.75, 3.05) is 11.9 Å². The van der Waals surface area contributed by atoms with E-state index in [9.17, 15) is 4.79 Å². The van der Waals surface area contributed by atoms with Crippen LogP contribution in [0.25, 0.3) is 0 Å². The van der Waals surface area contributed by atoms with Crippen molar-refractivity contribution in [1.29, 1.82) is 0 Å². The Bertz CT molecular complexity index is 565. The van der Waals surface area contributed by atoms with Crippen molar-refractivity contribution < 1.29 is 0 Å². The van der Waals surface area contributed by atoms with Crippen molar-refractivity contribution in [2.45, 2.75) is 19.9 Å². The molecule has 94 valence electrons. The maximum Gasteiger partial charge on any atom is 0.253 e. The van der Waals surface area contributed by atoms with Gasteiger partial charge in [0.25, 0.3) is 5.56 Å². The fourth-order valence-corrected chi connectivity index (χ4v) is 1.65. The minimum atomic E-state index is -0.0599. The Morgan fingerprint density at radius 3 is 3.00 bits per heavy atom. The Morgan fingerprint density at radius 1 is 1.33 bits per heavy atom. The van der Waals surface area contributed by atoms with Crippen LogP contribution in [0.3, 0.4) is 0 Å². The van der Waals surface area contributed by atoms with Gasteiger partial charge in [-0.1, -0.05) is 13.0 Å². The summed E-state index contributed by atoms with van der Waals surface area (Å²) in [4.78, 5) is 19.9. The molecule has 2 rings (SSSR count). The zero-order chi connectivity index (χ0) is 12.8. The molecule has 0 atom stereocenters. The smallest absolute Gasteiger partial charge is 0.253 e. The molecule has 0 aliphatic carbocycles. The molecule has 0 saturated heterocycles. The van der Waals surface area contributed by atoms with Gasteiger partial charge in [-0.15, -0.1) is 0 Å². The van der Waals surface area contributed by atoms with Crippen LogP contribution in [-0.2, 0) is 6.54 Å². The summed E-state index contributed by atoms with van der Waals surface area (Å²) >= 11 is 0. The molecule has 0 aliphatic rings. The minimum absolute atomic E-state index is 0.0599. The first kappa shape index (κ1) is 12.3. The molecule has 0 bridgehead atoms. The van der Waals surface area contributed by atoms with Crippen molar-refractivity contribution >= 4 is 5.82 Å². The first-order chi connectivity index (χ1) is 8.81. The highest BCUT2D eigenvalue weighted by molar-refractivity contribution is 5.43. The van der Waals surface area contributed by atoms with Crippen LogP contribution in [0.15, 0.2) is 41.7 Å². The molecule has 5 nitrogen and oxygen atoms in total. The summed E-state index contributed by atoms with van der Waals surface area (Å²) < 4.78 is 1.56. The summed E-state index contributed by atoms with van der Waals surface area (Å²) in [6.07, 6.45) is 5.81. The molecule has 1 N–H and O–H groups in total. The summed E-state index contributed by atoms with van der Waals surface area (Å²) in [5, 5.41) is 3.26. The predicted octanol–water partition coefficient (Wildman–Crippen LogP) is 1.51. The maximum absolute atomic E-state index is 11.6. The first-order valence-electron chi connectivity index (χ1n) is 5.99. The monoisotopic (exact) mass is 244 g/mol. The van der Waals surface area contributed by atoms with E-state index < -0.39 is 0 Å². The number of pyridine rings is 1. The number of anilines is 1. The lowest BCUT2D eigenvalue weighted by Crippen LogP contribution is -2.20. The summed E-state index contributed by atoms with van der Waals surface area (Å²) in [6.45, 7) is 3.44. The maximum atomic E-state index is 11.6. The predicted molar refractivity (Wildman–Crippen MR) is 70.6 cm³/mol. The van der Waals surface area contributed by atoms with Gasteiger partial charge in [0.05, 0.1) is 12.9 Å². The molecule has 0 saturated carbocycles. The molecular weight excluding hydrogens is 228 g/mol. The van der Waals surface area contributed by atoms with Crippen molar-refractivity contribution in [3.8, 4) is 0 Å². The van der Waals surface area contributed by atoms with Gasteiger partial charge in [-0.2, -0.15) is 0 Å². The van der Waals surface area contributed by atoms with Crippen LogP contribution in [0.4, 0.5) is 5.82 Å². The molecule has 0 fully saturated rings. The third-order valence-electron chi connectivity index (χ3n) is 2.57. The molecule has 0 radical (unpaired) electrons. The van der Waals surface area contributed by atoms with Gasteiger partial charge in [0.15, 0.2) is 0 Å². The van der Waals surface area contributed by atoms with Crippen LogP contribution >= 0.6 is 0 Å². The molecule has 2 aromatic heterocycles. The Morgan fingerprint density at radius 2 is 2.22 bits per heavy atom. The Balaban J connectivity index is 2.23. The van der Waals surface area contributed by atoms with Crippen LogP contribution < -0.4 is 10.9 Å². The van der Waals surface area contributed by atoms with E-state index in [1.54, 1.807) is 17.1 Å². The van der Waals surface area contributed by atoms with Crippen LogP contribution in [0, 0.1) is 0 Å². The second-order valence-electron chi connectivity index (χ2n) is 3.98. The summed E-state index contributed by atoms with van der Waals surface area (Å²) in [5.41, 5.74) is 0.927. The van der Waals surface area contributed by atoms with Gasteiger partial charge in [-0.05, 0) is 12.5 Å². The van der Waals surface area contributed by atoms with E-state index in [1.807, 2.05) is 12.1 Å². The normalized spacial score (nSPS) is 10.3. The fourth-order valence-electron chi connectivity index (χ4n) is 1.65. The summed E-state index contributed by atoms with van der Waals surface area (Å²) in [6, 6.07) is 5.29. The minimum Gasteiger partial charge on any atom is -0.370 e. The molecule has 0 aliphatic heterocycles. The van der Waals surface area contributed by atoms with Gasteiger partial charge in [0.1, 0.15) is 5.82 Å². The number of hydrogen-bond acceptors (Lipinski definition) is 4. The molecule has 0 spiro atoms. The van der Waals surface area contributed by atoms with E-state index >= 15 is 0 Å². The van der Waals surface area contributed by atoms with Crippen LogP contribution in [0.2, 0.25) is 0 Å². The zero-order valence-corrected chi connectivity index (χ0v) is 10.3. The summed E-state index contributed by atoms with van der Waals surface area (Å²) in [5.74, 6) is 0.829. The number of nitrogens with zero attached hydrogens (tertiary/aromatic N) is 3. The standard InChI is InChI=1S/C13H16N4O/c1-2-6-15-13-11(4-3-7-16-13)9-17-10-14-8-5-12(17)18/h3-5,7-8,10H,2,6,9H2,1H3,(H,15,16). The first-order valence-corrected chi connectivity index (χ1v) is 5.99. The van der Waals surface area contributed by atoms with Gasteiger partial charge in [0.2, 0.25) is 0 Å². The number of nitrogens with one attached hydrogen (secondary N) is 1. The van der Waals surface area contributed by atoms with Gasteiger partial charge in [0, 0.05) is 30.6 Å². The fraction of sp³-hybridized carbons (Fsp3) is 0.308. The van der Waals surface area contributed by atoms with Gasteiger partial charge in [-0.25, -0.2) is 9.97 Å². The topological polar surface area (TPSA) is 59.8 Å². The average Bonchev–Trinajstić information content (AvgIpc) is 2.40. The van der Waals surface area contributed by atoms with Gasteiger partial charge in [-0.3, -0.25) is 9.36 Å². The van der Waals surface area contributed by atoms with E-state index in [0.29, 0.717) is 6.54 Å². The number of rotatable bonds is 5. The van der Waals surface area contributed by atoms with Gasteiger partial charge < -0.3 is 5.32 Å². The lowest BCUT2D eigenvalue weighted by Gasteiger charge is -2.10. The number of hydrogen-bond donors (Lipinski definition) is 1. The van der Waals surface area contributed by atoms with E-state index in [2.05, 4.69) is 22.2 Å². The van der Waals surface area contributed by atoms with Crippen LogP contribution in [0.1, 0.15) is 18.9 Å². The van der Waals surface area contributed by atoms with Crippen molar-refractivity contribution in [3.05, 3.63) is 52.8 Å². The van der Waals surface area contributed by atoms with Crippen LogP contribution in [-0.4, -0.2) is 21.1 Å². The van der Waals surface area contributed by atoms with Crippen LogP contribution in [0.5, 0.6) is 0 Å². The molecule has 2 heterocycles. The molecule has 5 heteroatoms. The van der Waals surface area contributed by atoms with E-state index in [0.717, 1.165) is 24.3 Å².